The zero-order valence-electron chi connectivity index (χ0n) is 16.7. The van der Waals surface area contributed by atoms with Crippen LogP contribution < -0.4 is 0 Å². The molecule has 0 saturated carbocycles. The van der Waals surface area contributed by atoms with Gasteiger partial charge in [0, 0.05) is 23.6 Å². The molecule has 1 amide bonds. The van der Waals surface area contributed by atoms with Gasteiger partial charge in [-0.15, -0.1) is 0 Å². The lowest BCUT2D eigenvalue weighted by atomic mass is 9.83. The van der Waals surface area contributed by atoms with E-state index in [-0.39, 0.29) is 31.0 Å². The Labute approximate surface area is 168 Å². The molecule has 3 rings (SSSR count). The van der Waals surface area contributed by atoms with Crippen molar-refractivity contribution in [3.8, 4) is 0 Å². The Balaban J connectivity index is 2.06. The highest BCUT2D eigenvalue weighted by molar-refractivity contribution is 5.95. The van der Waals surface area contributed by atoms with Crippen molar-refractivity contribution in [1.82, 2.24) is 4.90 Å². The Hall–Kier alpha value is -3.02. The van der Waals surface area contributed by atoms with Crippen molar-refractivity contribution >= 4 is 11.9 Å². The summed E-state index contributed by atoms with van der Waals surface area (Å²) in [4.78, 5) is 27.0. The lowest BCUT2D eigenvalue weighted by Crippen LogP contribution is -2.38. The molecule has 0 radical (unpaired) electrons. The van der Waals surface area contributed by atoms with Gasteiger partial charge >= 0.3 is 5.97 Å². The Bertz CT molecular complexity index is 984. The monoisotopic (exact) mass is 399 g/mol. The first kappa shape index (κ1) is 20.7. The van der Waals surface area contributed by atoms with E-state index in [1.807, 2.05) is 31.2 Å². The van der Waals surface area contributed by atoms with Gasteiger partial charge in [0.15, 0.2) is 11.6 Å². The summed E-state index contributed by atoms with van der Waals surface area (Å²) in [7, 11) is 0. The number of nitrogens with zero attached hydrogens (tertiary/aromatic N) is 1. The van der Waals surface area contributed by atoms with E-state index in [1.54, 1.807) is 13.8 Å². The van der Waals surface area contributed by atoms with E-state index >= 15 is 0 Å². The number of carbonyl (C=O) groups excluding carboxylic acids is 2. The summed E-state index contributed by atoms with van der Waals surface area (Å²) >= 11 is 0. The van der Waals surface area contributed by atoms with Gasteiger partial charge in [0.25, 0.3) is 0 Å². The number of hydrogen-bond donors (Lipinski definition) is 0. The molecular weight excluding hydrogens is 376 g/mol. The van der Waals surface area contributed by atoms with Crippen LogP contribution >= 0.6 is 0 Å². The van der Waals surface area contributed by atoms with Gasteiger partial charge in [-0.3, -0.25) is 4.79 Å². The average Bonchev–Trinajstić information content (AvgIpc) is 2.68. The van der Waals surface area contributed by atoms with Crippen molar-refractivity contribution in [1.29, 1.82) is 0 Å². The minimum absolute atomic E-state index is 0.0475. The van der Waals surface area contributed by atoms with Crippen molar-refractivity contribution in [2.24, 2.45) is 0 Å². The number of benzene rings is 2. The zero-order chi connectivity index (χ0) is 21.1. The van der Waals surface area contributed by atoms with Crippen molar-refractivity contribution in [2.45, 2.75) is 39.7 Å². The van der Waals surface area contributed by atoms with Crippen LogP contribution in [-0.4, -0.2) is 23.4 Å². The van der Waals surface area contributed by atoms with E-state index in [9.17, 15) is 18.4 Å². The molecule has 0 N–H and O–H groups in total. The number of carbonyl (C=O) groups is 2. The van der Waals surface area contributed by atoms with Crippen LogP contribution in [0.2, 0.25) is 0 Å². The third kappa shape index (κ3) is 4.21. The smallest absolute Gasteiger partial charge is 0.336 e. The fourth-order valence-corrected chi connectivity index (χ4v) is 3.69. The van der Waals surface area contributed by atoms with Crippen molar-refractivity contribution < 1.29 is 23.1 Å². The highest BCUT2D eigenvalue weighted by Crippen LogP contribution is 2.38. The zero-order valence-corrected chi connectivity index (χ0v) is 16.7. The molecular formula is C23H23F2NO3. The summed E-state index contributed by atoms with van der Waals surface area (Å²) in [5.41, 5.74) is 2.68. The maximum absolute atomic E-state index is 14.2. The molecule has 1 heterocycles. The summed E-state index contributed by atoms with van der Waals surface area (Å²) in [6, 6.07) is 11.5. The lowest BCUT2D eigenvalue weighted by Gasteiger charge is -2.34. The van der Waals surface area contributed by atoms with Crippen LogP contribution in [0.1, 0.15) is 42.9 Å². The molecule has 6 heteroatoms. The summed E-state index contributed by atoms with van der Waals surface area (Å²) < 4.78 is 33.0. The second kappa shape index (κ2) is 8.55. The summed E-state index contributed by atoms with van der Waals surface area (Å²) in [6.07, 6.45) is 0.0475. The van der Waals surface area contributed by atoms with Gasteiger partial charge in [0.1, 0.15) is 0 Å². The van der Waals surface area contributed by atoms with Crippen molar-refractivity contribution in [3.63, 3.8) is 0 Å². The summed E-state index contributed by atoms with van der Waals surface area (Å²) in [5, 5.41) is 0. The molecule has 0 saturated heterocycles. The molecule has 0 bridgehead atoms. The second-order valence-corrected chi connectivity index (χ2v) is 7.08. The van der Waals surface area contributed by atoms with E-state index in [1.165, 1.54) is 17.0 Å². The number of aryl methyl sites for hydroxylation is 1. The molecule has 4 nitrogen and oxygen atoms in total. The first-order valence-electron chi connectivity index (χ1n) is 9.51. The van der Waals surface area contributed by atoms with Gasteiger partial charge < -0.3 is 9.64 Å². The molecule has 0 spiro atoms. The first-order valence-corrected chi connectivity index (χ1v) is 9.51. The predicted octanol–water partition coefficient (Wildman–Crippen LogP) is 4.63. The lowest BCUT2D eigenvalue weighted by molar-refractivity contribution is -0.140. The van der Waals surface area contributed by atoms with Gasteiger partial charge in [0.05, 0.1) is 18.7 Å². The number of ether oxygens (including phenoxy) is 1. The Morgan fingerprint density at radius 3 is 2.59 bits per heavy atom. The molecule has 152 valence electrons. The van der Waals surface area contributed by atoms with Crippen molar-refractivity contribution in [2.75, 3.05) is 6.61 Å². The van der Waals surface area contributed by atoms with E-state index in [2.05, 4.69) is 0 Å². The first-order chi connectivity index (χ1) is 13.8. The third-order valence-corrected chi connectivity index (χ3v) is 5.12. The fraction of sp³-hybridized carbons (Fsp3) is 0.304. The number of halogens is 2. The van der Waals surface area contributed by atoms with Crippen molar-refractivity contribution in [3.05, 3.63) is 82.1 Å². The molecule has 2 aromatic carbocycles. The highest BCUT2D eigenvalue weighted by atomic mass is 19.2. The Morgan fingerprint density at radius 1 is 1.17 bits per heavy atom. The second-order valence-electron chi connectivity index (χ2n) is 7.08. The highest BCUT2D eigenvalue weighted by Gasteiger charge is 2.37. The average molecular weight is 399 g/mol. The van der Waals surface area contributed by atoms with Crippen LogP contribution in [0.3, 0.4) is 0 Å². The van der Waals surface area contributed by atoms with Crippen LogP contribution in [0, 0.1) is 18.6 Å². The molecule has 1 unspecified atom stereocenters. The van der Waals surface area contributed by atoms with Crippen LogP contribution in [0.4, 0.5) is 8.78 Å². The largest absolute Gasteiger partial charge is 0.463 e. The van der Waals surface area contributed by atoms with Gasteiger partial charge in [-0.2, -0.15) is 0 Å². The number of hydrogen-bond acceptors (Lipinski definition) is 3. The maximum atomic E-state index is 14.2. The molecule has 0 fully saturated rings. The summed E-state index contributed by atoms with van der Waals surface area (Å²) in [5.74, 6) is -3.18. The molecule has 1 aliphatic rings. The molecule has 0 aromatic heterocycles. The van der Waals surface area contributed by atoms with E-state index in [0.717, 1.165) is 17.2 Å². The van der Waals surface area contributed by atoms with Gasteiger partial charge in [-0.1, -0.05) is 42.0 Å². The topological polar surface area (TPSA) is 46.6 Å². The standard InChI is InChI=1S/C23H23F2NO3/c1-4-29-23(28)21-15(3)26(13-17-9-6-10-19(24)22(17)25)20(27)12-18(21)16-8-5-7-14(2)11-16/h5-11,18H,4,12-13H2,1-3H3. The summed E-state index contributed by atoms with van der Waals surface area (Å²) in [6.45, 7) is 5.33. The third-order valence-electron chi connectivity index (χ3n) is 5.12. The number of allylic oxidation sites excluding steroid dienone is 1. The number of amides is 1. The van der Waals surface area contributed by atoms with Gasteiger partial charge in [0.2, 0.25) is 5.91 Å². The van der Waals surface area contributed by atoms with E-state index in [0.29, 0.717) is 11.3 Å². The maximum Gasteiger partial charge on any atom is 0.336 e. The molecule has 2 aromatic rings. The molecule has 1 atom stereocenters. The SMILES string of the molecule is CCOC(=O)C1=C(C)N(Cc2cccc(F)c2F)C(=O)CC1c1cccc(C)c1. The predicted molar refractivity (Wildman–Crippen MR) is 105 cm³/mol. The van der Waals surface area contributed by atoms with Gasteiger partial charge in [-0.25, -0.2) is 13.6 Å². The quantitative estimate of drug-likeness (QED) is 0.689. The fourth-order valence-electron chi connectivity index (χ4n) is 3.69. The van der Waals surface area contributed by atoms with Crippen LogP contribution in [0.15, 0.2) is 53.7 Å². The normalized spacial score (nSPS) is 16.9. The molecule has 29 heavy (non-hydrogen) atoms. The minimum Gasteiger partial charge on any atom is -0.463 e. The van der Waals surface area contributed by atoms with E-state index < -0.39 is 23.5 Å². The van der Waals surface area contributed by atoms with Gasteiger partial charge in [-0.05, 0) is 32.4 Å². The van der Waals surface area contributed by atoms with Crippen LogP contribution in [-0.2, 0) is 20.9 Å². The molecule has 1 aliphatic heterocycles. The number of rotatable bonds is 5. The van der Waals surface area contributed by atoms with Crippen LogP contribution in [0.25, 0.3) is 0 Å². The van der Waals surface area contributed by atoms with Crippen LogP contribution in [0.5, 0.6) is 0 Å². The Morgan fingerprint density at radius 2 is 1.90 bits per heavy atom. The Kier molecular flexibility index (Phi) is 6.11. The van der Waals surface area contributed by atoms with E-state index in [4.69, 9.17) is 4.74 Å². The molecule has 0 aliphatic carbocycles. The minimum atomic E-state index is -0.994. The number of esters is 1.